The molecule has 2 rings (SSSR count). The summed E-state index contributed by atoms with van der Waals surface area (Å²) in [5.74, 6) is 1.35. The van der Waals surface area contributed by atoms with Crippen LogP contribution in [0.4, 0.5) is 11.5 Å². The lowest BCUT2D eigenvalue weighted by Crippen LogP contribution is -2.10. The van der Waals surface area contributed by atoms with E-state index in [1.807, 2.05) is 6.92 Å². The summed E-state index contributed by atoms with van der Waals surface area (Å²) in [6.07, 6.45) is 3.18. The van der Waals surface area contributed by atoms with Crippen molar-refractivity contribution < 1.29 is 4.74 Å². The Hall–Kier alpha value is -2.10. The quantitative estimate of drug-likeness (QED) is 0.915. The number of nitrogens with zero attached hydrogens (tertiary/aromatic N) is 2. The van der Waals surface area contributed by atoms with Crippen LogP contribution in [0.3, 0.4) is 0 Å². The second-order valence-corrected chi connectivity index (χ2v) is 5.62. The van der Waals surface area contributed by atoms with Gasteiger partial charge in [0.15, 0.2) is 11.6 Å². The van der Waals surface area contributed by atoms with Crippen LogP contribution in [0.1, 0.15) is 33.3 Å². The summed E-state index contributed by atoms with van der Waals surface area (Å²) in [5.41, 5.74) is 2.44. The summed E-state index contributed by atoms with van der Waals surface area (Å²) < 4.78 is 5.50. The number of ether oxygens (including phenoxy) is 1. The molecule has 0 aliphatic rings. The summed E-state index contributed by atoms with van der Waals surface area (Å²) >= 11 is 0. The molecule has 1 aromatic carbocycles. The van der Waals surface area contributed by atoms with Crippen LogP contribution in [-0.2, 0) is 5.41 Å². The largest absolute Gasteiger partial charge is 0.488 e. The Morgan fingerprint density at radius 3 is 2.45 bits per heavy atom. The van der Waals surface area contributed by atoms with E-state index < -0.39 is 0 Å². The zero-order chi connectivity index (χ0) is 14.6. The number of aromatic nitrogens is 2. The van der Waals surface area contributed by atoms with Crippen molar-refractivity contribution in [1.82, 2.24) is 9.97 Å². The molecule has 0 saturated carbocycles. The van der Waals surface area contributed by atoms with Crippen molar-refractivity contribution in [2.75, 3.05) is 11.9 Å². The van der Waals surface area contributed by atoms with Crippen LogP contribution in [0, 0.1) is 0 Å². The highest BCUT2D eigenvalue weighted by atomic mass is 16.5. The lowest BCUT2D eigenvalue weighted by atomic mass is 9.87. The van der Waals surface area contributed by atoms with E-state index in [1.54, 1.807) is 6.20 Å². The monoisotopic (exact) mass is 271 g/mol. The van der Waals surface area contributed by atoms with Crippen LogP contribution in [0.15, 0.2) is 36.8 Å². The fraction of sp³-hybridized carbons (Fsp3) is 0.375. The van der Waals surface area contributed by atoms with Gasteiger partial charge in [0.25, 0.3) is 0 Å². The first-order valence-electron chi connectivity index (χ1n) is 6.81. The summed E-state index contributed by atoms with van der Waals surface area (Å²) in [4.78, 5) is 8.19. The van der Waals surface area contributed by atoms with Crippen molar-refractivity contribution in [3.05, 3.63) is 42.4 Å². The molecule has 4 nitrogen and oxygen atoms in total. The van der Waals surface area contributed by atoms with Crippen molar-refractivity contribution in [2.45, 2.75) is 33.1 Å². The van der Waals surface area contributed by atoms with Crippen LogP contribution in [-0.4, -0.2) is 16.6 Å². The molecule has 0 aliphatic heterocycles. The molecule has 1 heterocycles. The molecule has 0 atom stereocenters. The van der Waals surface area contributed by atoms with Gasteiger partial charge in [-0.3, -0.25) is 0 Å². The Balaban J connectivity index is 2.18. The van der Waals surface area contributed by atoms with Gasteiger partial charge in [-0.1, -0.05) is 32.9 Å². The van der Waals surface area contributed by atoms with Gasteiger partial charge in [-0.15, -0.1) is 0 Å². The zero-order valence-corrected chi connectivity index (χ0v) is 12.5. The molecule has 0 unspecified atom stereocenters. The van der Waals surface area contributed by atoms with E-state index in [1.165, 1.54) is 11.9 Å². The van der Waals surface area contributed by atoms with Crippen molar-refractivity contribution >= 4 is 11.5 Å². The van der Waals surface area contributed by atoms with Gasteiger partial charge in [0.2, 0.25) is 0 Å². The van der Waals surface area contributed by atoms with Gasteiger partial charge in [-0.25, -0.2) is 9.97 Å². The van der Waals surface area contributed by atoms with Gasteiger partial charge in [0, 0.05) is 5.69 Å². The molecule has 1 N–H and O–H groups in total. The van der Waals surface area contributed by atoms with Gasteiger partial charge in [0.05, 0.1) is 12.8 Å². The van der Waals surface area contributed by atoms with Crippen molar-refractivity contribution in [3.63, 3.8) is 0 Å². The molecular weight excluding hydrogens is 250 g/mol. The average molecular weight is 271 g/mol. The topological polar surface area (TPSA) is 47.0 Å². The number of hydrogen-bond donors (Lipinski definition) is 1. The second kappa shape index (κ2) is 5.90. The second-order valence-electron chi connectivity index (χ2n) is 5.62. The molecule has 1 aromatic heterocycles. The third kappa shape index (κ3) is 3.47. The molecule has 0 radical (unpaired) electrons. The number of benzene rings is 1. The molecule has 4 heteroatoms. The van der Waals surface area contributed by atoms with E-state index in [4.69, 9.17) is 4.74 Å². The molecule has 0 spiro atoms. The molecule has 0 bridgehead atoms. The number of hydrogen-bond acceptors (Lipinski definition) is 4. The first-order chi connectivity index (χ1) is 9.50. The highest BCUT2D eigenvalue weighted by Crippen LogP contribution is 2.27. The lowest BCUT2D eigenvalue weighted by Gasteiger charge is -2.19. The highest BCUT2D eigenvalue weighted by molar-refractivity contribution is 5.61. The van der Waals surface area contributed by atoms with E-state index in [2.05, 4.69) is 60.3 Å². The van der Waals surface area contributed by atoms with Crippen LogP contribution in [0.2, 0.25) is 0 Å². The van der Waals surface area contributed by atoms with E-state index in [9.17, 15) is 0 Å². The molecule has 106 valence electrons. The molecule has 0 amide bonds. The van der Waals surface area contributed by atoms with E-state index in [-0.39, 0.29) is 5.41 Å². The Labute approximate surface area is 120 Å². The Bertz CT molecular complexity index is 559. The predicted octanol–water partition coefficient (Wildman–Crippen LogP) is 3.92. The molecule has 0 aliphatic carbocycles. The number of nitrogens with one attached hydrogen (secondary N) is 1. The van der Waals surface area contributed by atoms with E-state index in [0.29, 0.717) is 18.2 Å². The fourth-order valence-electron chi connectivity index (χ4n) is 1.86. The summed E-state index contributed by atoms with van der Waals surface area (Å²) in [5, 5.41) is 3.26. The van der Waals surface area contributed by atoms with Crippen molar-refractivity contribution in [1.29, 1.82) is 0 Å². The molecule has 0 saturated heterocycles. The van der Waals surface area contributed by atoms with Crippen molar-refractivity contribution in [2.24, 2.45) is 0 Å². The zero-order valence-electron chi connectivity index (χ0n) is 12.5. The molecular formula is C16H21N3O. The standard InChI is InChI=1S/C16H21N3O/c1-5-20-14-10-17-11-18-15(14)19-13-8-6-12(7-9-13)16(2,3)4/h6-11H,5H2,1-4H3,(H,17,18,19). The highest BCUT2D eigenvalue weighted by Gasteiger charge is 2.13. The van der Waals surface area contributed by atoms with Gasteiger partial charge < -0.3 is 10.1 Å². The minimum Gasteiger partial charge on any atom is -0.488 e. The van der Waals surface area contributed by atoms with Crippen LogP contribution in [0.5, 0.6) is 5.75 Å². The van der Waals surface area contributed by atoms with Crippen LogP contribution < -0.4 is 10.1 Å². The van der Waals surface area contributed by atoms with Crippen LogP contribution >= 0.6 is 0 Å². The van der Waals surface area contributed by atoms with Gasteiger partial charge in [-0.2, -0.15) is 0 Å². The number of anilines is 2. The van der Waals surface area contributed by atoms with Crippen LogP contribution in [0.25, 0.3) is 0 Å². The Morgan fingerprint density at radius 1 is 1.15 bits per heavy atom. The number of rotatable bonds is 4. The molecule has 0 fully saturated rings. The Morgan fingerprint density at radius 2 is 1.85 bits per heavy atom. The molecule has 20 heavy (non-hydrogen) atoms. The van der Waals surface area contributed by atoms with E-state index >= 15 is 0 Å². The van der Waals surface area contributed by atoms with Gasteiger partial charge in [-0.05, 0) is 30.0 Å². The first kappa shape index (κ1) is 14.3. The predicted molar refractivity (Wildman–Crippen MR) is 81.6 cm³/mol. The van der Waals surface area contributed by atoms with Crippen molar-refractivity contribution in [3.8, 4) is 5.75 Å². The maximum atomic E-state index is 5.50. The maximum absolute atomic E-state index is 5.50. The van der Waals surface area contributed by atoms with E-state index in [0.717, 1.165) is 5.69 Å². The fourth-order valence-corrected chi connectivity index (χ4v) is 1.86. The minimum absolute atomic E-state index is 0.157. The summed E-state index contributed by atoms with van der Waals surface area (Å²) in [6.45, 7) is 9.13. The summed E-state index contributed by atoms with van der Waals surface area (Å²) in [7, 11) is 0. The smallest absolute Gasteiger partial charge is 0.180 e. The van der Waals surface area contributed by atoms with Gasteiger partial charge >= 0.3 is 0 Å². The SMILES string of the molecule is CCOc1cncnc1Nc1ccc(C(C)(C)C)cc1. The normalized spacial score (nSPS) is 11.2. The molecule has 2 aromatic rings. The first-order valence-corrected chi connectivity index (χ1v) is 6.81. The third-order valence-corrected chi connectivity index (χ3v) is 2.99. The maximum Gasteiger partial charge on any atom is 0.180 e. The summed E-state index contributed by atoms with van der Waals surface area (Å²) in [6, 6.07) is 8.37. The Kier molecular flexibility index (Phi) is 4.23. The average Bonchev–Trinajstić information content (AvgIpc) is 2.41. The van der Waals surface area contributed by atoms with Gasteiger partial charge in [0.1, 0.15) is 6.33 Å². The third-order valence-electron chi connectivity index (χ3n) is 2.99. The lowest BCUT2D eigenvalue weighted by molar-refractivity contribution is 0.339. The minimum atomic E-state index is 0.157.